The number of rotatable bonds is 11. The van der Waals surface area contributed by atoms with Crippen LogP contribution in [0.3, 0.4) is 0 Å². The van der Waals surface area contributed by atoms with Crippen LogP contribution in [0.1, 0.15) is 64.9 Å². The van der Waals surface area contributed by atoms with E-state index < -0.39 is 0 Å². The van der Waals surface area contributed by atoms with E-state index in [9.17, 15) is 0 Å². The van der Waals surface area contributed by atoms with Gasteiger partial charge < -0.3 is 9.47 Å². The third-order valence-electron chi connectivity index (χ3n) is 3.29. The topological polar surface area (TPSA) is 18.5 Å². The minimum atomic E-state index is 0.794. The molecule has 0 heterocycles. The highest BCUT2D eigenvalue weighted by Gasteiger charge is 2.03. The highest BCUT2D eigenvalue weighted by molar-refractivity contribution is 5.38. The van der Waals surface area contributed by atoms with Gasteiger partial charge in [0.1, 0.15) is 11.5 Å². The summed E-state index contributed by atoms with van der Waals surface area (Å²) < 4.78 is 11.7. The molecule has 0 amide bonds. The van der Waals surface area contributed by atoms with Gasteiger partial charge in [-0.3, -0.25) is 0 Å². The molecular formula is C18H30O2. The molecule has 0 spiro atoms. The van der Waals surface area contributed by atoms with Crippen molar-refractivity contribution in [3.63, 3.8) is 0 Å². The normalized spacial score (nSPS) is 10.6. The van der Waals surface area contributed by atoms with Crippen molar-refractivity contribution >= 4 is 0 Å². The first kappa shape index (κ1) is 16.9. The van der Waals surface area contributed by atoms with Crippen LogP contribution in [0.4, 0.5) is 0 Å². The summed E-state index contributed by atoms with van der Waals surface area (Å²) in [7, 11) is 0. The van der Waals surface area contributed by atoms with Gasteiger partial charge >= 0.3 is 0 Å². The molecule has 0 bridgehead atoms. The molecule has 0 saturated heterocycles. The maximum absolute atomic E-state index is 5.83. The molecule has 0 saturated carbocycles. The molecule has 0 fully saturated rings. The molecule has 1 aromatic carbocycles. The number of hydrogen-bond donors (Lipinski definition) is 0. The Morgan fingerprint density at radius 3 is 1.65 bits per heavy atom. The van der Waals surface area contributed by atoms with Gasteiger partial charge in [-0.25, -0.2) is 0 Å². The van der Waals surface area contributed by atoms with E-state index in [1.165, 1.54) is 18.4 Å². The van der Waals surface area contributed by atoms with Crippen molar-refractivity contribution < 1.29 is 9.47 Å². The van der Waals surface area contributed by atoms with E-state index in [-0.39, 0.29) is 0 Å². The Bertz CT molecular complexity index is 332. The molecule has 114 valence electrons. The molecule has 0 aromatic heterocycles. The first-order valence-electron chi connectivity index (χ1n) is 8.19. The molecule has 2 nitrogen and oxygen atoms in total. The van der Waals surface area contributed by atoms with Crippen LogP contribution in [-0.4, -0.2) is 13.2 Å². The van der Waals surface area contributed by atoms with E-state index >= 15 is 0 Å². The summed E-state index contributed by atoms with van der Waals surface area (Å²) in [4.78, 5) is 0. The van der Waals surface area contributed by atoms with Gasteiger partial charge in [-0.1, -0.05) is 40.0 Å². The summed E-state index contributed by atoms with van der Waals surface area (Å²) in [6.45, 7) is 8.17. The van der Waals surface area contributed by atoms with Gasteiger partial charge in [-0.05, 0) is 43.4 Å². The predicted molar refractivity (Wildman–Crippen MR) is 85.9 cm³/mol. The number of aryl methyl sites for hydroxylation is 1. The molecular weight excluding hydrogens is 248 g/mol. The van der Waals surface area contributed by atoms with Gasteiger partial charge in [-0.2, -0.15) is 0 Å². The summed E-state index contributed by atoms with van der Waals surface area (Å²) in [6.07, 6.45) is 8.06. The number of unbranched alkanes of at least 4 members (excludes halogenated alkanes) is 3. The molecule has 2 heteroatoms. The zero-order chi connectivity index (χ0) is 14.6. The van der Waals surface area contributed by atoms with Crippen molar-refractivity contribution in [2.75, 3.05) is 13.2 Å². The van der Waals surface area contributed by atoms with E-state index in [1.54, 1.807) is 0 Å². The van der Waals surface area contributed by atoms with E-state index in [0.717, 1.165) is 56.8 Å². The molecule has 0 radical (unpaired) electrons. The average Bonchev–Trinajstić information content (AvgIpc) is 2.46. The maximum atomic E-state index is 5.83. The zero-order valence-electron chi connectivity index (χ0n) is 13.4. The Morgan fingerprint density at radius 1 is 0.700 bits per heavy atom. The van der Waals surface area contributed by atoms with Crippen LogP contribution in [0.25, 0.3) is 0 Å². The van der Waals surface area contributed by atoms with Crippen LogP contribution in [0.2, 0.25) is 0 Å². The zero-order valence-corrected chi connectivity index (χ0v) is 13.4. The second-order valence-electron chi connectivity index (χ2n) is 5.32. The first-order valence-corrected chi connectivity index (χ1v) is 8.19. The molecule has 0 atom stereocenters. The third kappa shape index (κ3) is 6.83. The predicted octanol–water partition coefficient (Wildman–Crippen LogP) is 5.39. The first-order chi connectivity index (χ1) is 9.80. The lowest BCUT2D eigenvalue weighted by Gasteiger charge is -2.12. The van der Waals surface area contributed by atoms with E-state index in [2.05, 4.69) is 32.9 Å². The molecule has 0 aliphatic heterocycles. The van der Waals surface area contributed by atoms with E-state index in [0.29, 0.717) is 0 Å². The van der Waals surface area contributed by atoms with Crippen molar-refractivity contribution in [3.8, 4) is 11.5 Å². The maximum Gasteiger partial charge on any atom is 0.123 e. The highest BCUT2D eigenvalue weighted by Crippen LogP contribution is 2.24. The van der Waals surface area contributed by atoms with Gasteiger partial charge in [0.15, 0.2) is 0 Å². The molecule has 1 rings (SSSR count). The smallest absolute Gasteiger partial charge is 0.123 e. The van der Waals surface area contributed by atoms with Crippen LogP contribution >= 0.6 is 0 Å². The minimum Gasteiger partial charge on any atom is -0.493 e. The van der Waals surface area contributed by atoms with Crippen molar-refractivity contribution in [2.24, 2.45) is 0 Å². The second-order valence-corrected chi connectivity index (χ2v) is 5.32. The summed E-state index contributed by atoms with van der Waals surface area (Å²) >= 11 is 0. The Kier molecular flexibility index (Phi) is 8.93. The minimum absolute atomic E-state index is 0.794. The van der Waals surface area contributed by atoms with Crippen LogP contribution < -0.4 is 9.47 Å². The molecule has 0 N–H and O–H groups in total. The van der Waals surface area contributed by atoms with Crippen LogP contribution in [0, 0.1) is 0 Å². The molecule has 20 heavy (non-hydrogen) atoms. The lowest BCUT2D eigenvalue weighted by atomic mass is 10.1. The van der Waals surface area contributed by atoms with Gasteiger partial charge in [0.25, 0.3) is 0 Å². The van der Waals surface area contributed by atoms with Crippen molar-refractivity contribution in [2.45, 2.75) is 65.7 Å². The van der Waals surface area contributed by atoms with E-state index in [4.69, 9.17) is 9.47 Å². The Labute approximate surface area is 124 Å². The van der Waals surface area contributed by atoms with Crippen molar-refractivity contribution in [1.29, 1.82) is 0 Å². The number of hydrogen-bond acceptors (Lipinski definition) is 2. The van der Waals surface area contributed by atoms with Crippen LogP contribution in [0.5, 0.6) is 11.5 Å². The Morgan fingerprint density at radius 2 is 1.20 bits per heavy atom. The largest absolute Gasteiger partial charge is 0.493 e. The fourth-order valence-electron chi connectivity index (χ4n) is 1.99. The average molecular weight is 278 g/mol. The summed E-state index contributed by atoms with van der Waals surface area (Å²) in [6, 6.07) is 6.36. The standard InChI is InChI=1S/C18H30O2/c1-4-7-10-16-13-17(19-11-8-5-2)15-18(14-16)20-12-9-6-3/h13-15H,4-12H2,1-3H3. The SMILES string of the molecule is CCCCOc1cc(CCCC)cc(OCCCC)c1. The summed E-state index contributed by atoms with van der Waals surface area (Å²) in [5.74, 6) is 1.91. The fourth-order valence-corrected chi connectivity index (χ4v) is 1.99. The van der Waals surface area contributed by atoms with Gasteiger partial charge in [0.2, 0.25) is 0 Å². The third-order valence-corrected chi connectivity index (χ3v) is 3.29. The summed E-state index contributed by atoms with van der Waals surface area (Å²) in [5, 5.41) is 0. The number of benzene rings is 1. The van der Waals surface area contributed by atoms with E-state index in [1.807, 2.05) is 6.07 Å². The lowest BCUT2D eigenvalue weighted by Crippen LogP contribution is -2.01. The van der Waals surface area contributed by atoms with Crippen molar-refractivity contribution in [1.82, 2.24) is 0 Å². The van der Waals surface area contributed by atoms with Crippen LogP contribution in [-0.2, 0) is 6.42 Å². The second kappa shape index (κ2) is 10.6. The van der Waals surface area contributed by atoms with Crippen LogP contribution in [0.15, 0.2) is 18.2 Å². The molecule has 0 aliphatic rings. The summed E-state index contributed by atoms with van der Waals surface area (Å²) in [5.41, 5.74) is 1.33. The molecule has 0 unspecified atom stereocenters. The van der Waals surface area contributed by atoms with Gasteiger partial charge in [0.05, 0.1) is 13.2 Å². The van der Waals surface area contributed by atoms with Crippen molar-refractivity contribution in [3.05, 3.63) is 23.8 Å². The number of ether oxygens (including phenoxy) is 2. The Balaban J connectivity index is 2.67. The molecule has 1 aromatic rings. The quantitative estimate of drug-likeness (QED) is 0.505. The molecule has 0 aliphatic carbocycles. The van der Waals surface area contributed by atoms with Gasteiger partial charge in [0, 0.05) is 6.07 Å². The lowest BCUT2D eigenvalue weighted by molar-refractivity contribution is 0.293. The highest BCUT2D eigenvalue weighted by atomic mass is 16.5. The monoisotopic (exact) mass is 278 g/mol. The van der Waals surface area contributed by atoms with Gasteiger partial charge in [-0.15, -0.1) is 0 Å². The fraction of sp³-hybridized carbons (Fsp3) is 0.667. The Hall–Kier alpha value is -1.18.